The van der Waals surface area contributed by atoms with Crippen LogP contribution < -0.4 is 10.9 Å². The summed E-state index contributed by atoms with van der Waals surface area (Å²) in [6.07, 6.45) is 0. The van der Waals surface area contributed by atoms with E-state index in [2.05, 4.69) is 15.3 Å². The van der Waals surface area contributed by atoms with Crippen molar-refractivity contribution in [3.8, 4) is 0 Å². The van der Waals surface area contributed by atoms with Gasteiger partial charge in [0.25, 0.3) is 11.5 Å². The number of carboxylic acid groups (broad SMARTS) is 1. The number of H-pyrrole nitrogens is 1. The Balaban J connectivity index is 1.92. The van der Waals surface area contributed by atoms with Gasteiger partial charge in [-0.15, -0.1) is 0 Å². The number of rotatable bonds is 3. The van der Waals surface area contributed by atoms with Gasteiger partial charge in [-0.25, -0.2) is 9.78 Å². The van der Waals surface area contributed by atoms with Crippen molar-refractivity contribution in [1.82, 2.24) is 9.97 Å². The molecule has 1 aromatic carbocycles. The molecule has 0 aliphatic rings. The van der Waals surface area contributed by atoms with Crippen molar-refractivity contribution in [3.05, 3.63) is 57.5 Å². The molecule has 2 heterocycles. The van der Waals surface area contributed by atoms with Crippen LogP contribution in [-0.2, 0) is 5.41 Å². The monoisotopic (exact) mass is 369 g/mol. The first-order chi connectivity index (χ1) is 12.6. The van der Waals surface area contributed by atoms with Crippen LogP contribution in [0.25, 0.3) is 11.0 Å². The molecule has 8 heteroatoms. The van der Waals surface area contributed by atoms with Gasteiger partial charge in [0.05, 0.1) is 5.69 Å². The summed E-state index contributed by atoms with van der Waals surface area (Å²) in [6, 6.07) is 6.06. The average molecular weight is 369 g/mol. The van der Waals surface area contributed by atoms with E-state index in [0.717, 1.165) is 0 Å². The molecule has 0 spiro atoms. The fraction of sp³-hybridized carbons (Fsp3) is 0.263. The Labute approximate surface area is 154 Å². The molecule has 0 bridgehead atoms. The summed E-state index contributed by atoms with van der Waals surface area (Å²) in [7, 11) is 0. The van der Waals surface area contributed by atoms with Crippen molar-refractivity contribution < 1.29 is 19.1 Å². The van der Waals surface area contributed by atoms with E-state index in [1.54, 1.807) is 25.1 Å². The molecule has 0 aliphatic heterocycles. The number of carboxylic acids is 1. The van der Waals surface area contributed by atoms with Crippen LogP contribution >= 0.6 is 0 Å². The van der Waals surface area contributed by atoms with Gasteiger partial charge >= 0.3 is 5.97 Å². The van der Waals surface area contributed by atoms with Crippen molar-refractivity contribution in [2.45, 2.75) is 33.1 Å². The zero-order chi connectivity index (χ0) is 19.9. The van der Waals surface area contributed by atoms with Crippen LogP contribution in [0.5, 0.6) is 0 Å². The minimum atomic E-state index is -1.18. The fourth-order valence-corrected chi connectivity index (χ4v) is 2.63. The number of anilines is 1. The molecule has 0 atom stereocenters. The second-order valence-electron chi connectivity index (χ2n) is 7.25. The van der Waals surface area contributed by atoms with Gasteiger partial charge < -0.3 is 19.8 Å². The normalized spacial score (nSPS) is 11.6. The first-order valence-corrected chi connectivity index (χ1v) is 8.26. The van der Waals surface area contributed by atoms with Crippen LogP contribution in [0.4, 0.5) is 5.69 Å². The molecular formula is C19H19N3O5. The van der Waals surface area contributed by atoms with Crippen LogP contribution in [-0.4, -0.2) is 27.0 Å². The molecule has 8 nitrogen and oxygen atoms in total. The number of benzene rings is 1. The molecular weight excluding hydrogens is 350 g/mol. The predicted octanol–water partition coefficient (Wildman–Crippen LogP) is 3.07. The van der Waals surface area contributed by atoms with Crippen LogP contribution in [0.2, 0.25) is 0 Å². The van der Waals surface area contributed by atoms with E-state index in [-0.39, 0.29) is 16.7 Å². The lowest BCUT2D eigenvalue weighted by molar-refractivity contribution is 0.0665. The van der Waals surface area contributed by atoms with Gasteiger partial charge in [0, 0.05) is 16.5 Å². The lowest BCUT2D eigenvalue weighted by atomic mass is 9.95. The van der Waals surface area contributed by atoms with Gasteiger partial charge in [0.2, 0.25) is 5.76 Å². The molecule has 3 aromatic rings. The molecule has 0 unspecified atom stereocenters. The third-order valence-corrected chi connectivity index (χ3v) is 4.02. The molecule has 27 heavy (non-hydrogen) atoms. The highest BCUT2D eigenvalue weighted by Gasteiger charge is 2.22. The lowest BCUT2D eigenvalue weighted by Gasteiger charge is -2.18. The lowest BCUT2D eigenvalue weighted by Crippen LogP contribution is -2.30. The van der Waals surface area contributed by atoms with Crippen molar-refractivity contribution in [1.29, 1.82) is 0 Å². The van der Waals surface area contributed by atoms with Crippen LogP contribution in [0.15, 0.2) is 33.5 Å². The number of amides is 1. The molecule has 3 rings (SSSR count). The first-order valence-electron chi connectivity index (χ1n) is 8.26. The SMILES string of the molecule is Cc1nc(C(C)(C)C)[nH]c(=O)c1C(=O)Nc1ccc2oc(C(=O)O)cc2c1. The third-order valence-electron chi connectivity index (χ3n) is 4.02. The van der Waals surface area contributed by atoms with Gasteiger partial charge in [0.15, 0.2) is 0 Å². The number of nitrogens with one attached hydrogen (secondary N) is 2. The van der Waals surface area contributed by atoms with Crippen molar-refractivity contribution >= 4 is 28.5 Å². The van der Waals surface area contributed by atoms with Gasteiger partial charge in [-0.1, -0.05) is 20.8 Å². The maximum Gasteiger partial charge on any atom is 0.371 e. The minimum absolute atomic E-state index is 0.0680. The van der Waals surface area contributed by atoms with Crippen LogP contribution in [0, 0.1) is 6.92 Å². The smallest absolute Gasteiger partial charge is 0.371 e. The second-order valence-corrected chi connectivity index (χ2v) is 7.25. The summed E-state index contributed by atoms with van der Waals surface area (Å²) in [5.41, 5.74) is 0.190. The largest absolute Gasteiger partial charge is 0.475 e. The van der Waals surface area contributed by atoms with Gasteiger partial charge in [-0.2, -0.15) is 0 Å². The zero-order valence-corrected chi connectivity index (χ0v) is 15.3. The zero-order valence-electron chi connectivity index (χ0n) is 15.3. The Morgan fingerprint density at radius 1 is 1.22 bits per heavy atom. The highest BCUT2D eigenvalue weighted by molar-refractivity contribution is 6.05. The topological polar surface area (TPSA) is 125 Å². The Bertz CT molecular complexity index is 1120. The van der Waals surface area contributed by atoms with Gasteiger partial charge in [0.1, 0.15) is 17.0 Å². The maximum absolute atomic E-state index is 12.6. The van der Waals surface area contributed by atoms with Crippen LogP contribution in [0.1, 0.15) is 53.2 Å². The van der Waals surface area contributed by atoms with E-state index in [1.807, 2.05) is 20.8 Å². The molecule has 0 aliphatic carbocycles. The number of nitrogens with zero attached hydrogens (tertiary/aromatic N) is 1. The van der Waals surface area contributed by atoms with E-state index in [4.69, 9.17) is 9.52 Å². The maximum atomic E-state index is 12.6. The van der Waals surface area contributed by atoms with E-state index in [9.17, 15) is 14.4 Å². The Morgan fingerprint density at radius 3 is 2.52 bits per heavy atom. The summed E-state index contributed by atoms with van der Waals surface area (Å²) in [5, 5.41) is 12.1. The third kappa shape index (κ3) is 3.59. The highest BCUT2D eigenvalue weighted by atomic mass is 16.4. The molecule has 2 aromatic heterocycles. The van der Waals surface area contributed by atoms with Gasteiger partial charge in [-0.3, -0.25) is 9.59 Å². The number of fused-ring (bicyclic) bond motifs is 1. The fourth-order valence-electron chi connectivity index (χ4n) is 2.63. The number of aromatic nitrogens is 2. The number of carbonyl (C=O) groups is 2. The van der Waals surface area contributed by atoms with Crippen LogP contribution in [0.3, 0.4) is 0 Å². The molecule has 140 valence electrons. The molecule has 0 radical (unpaired) electrons. The van der Waals surface area contributed by atoms with E-state index < -0.39 is 17.4 Å². The number of aromatic carboxylic acids is 1. The molecule has 1 amide bonds. The first kappa shape index (κ1) is 18.4. The summed E-state index contributed by atoms with van der Waals surface area (Å²) in [6.45, 7) is 7.35. The van der Waals surface area contributed by atoms with Crippen molar-refractivity contribution in [2.75, 3.05) is 5.32 Å². The predicted molar refractivity (Wildman–Crippen MR) is 99.4 cm³/mol. The number of furan rings is 1. The molecule has 0 saturated heterocycles. The Morgan fingerprint density at radius 2 is 1.93 bits per heavy atom. The summed E-state index contributed by atoms with van der Waals surface area (Å²) < 4.78 is 5.18. The standard InChI is InChI=1S/C19H19N3O5/c1-9-14(16(24)22-18(20-9)19(2,3)4)15(23)21-11-5-6-12-10(7-11)8-13(27-12)17(25)26/h5-8H,1-4H3,(H,21,23)(H,25,26)(H,20,22,24). The number of hydrogen-bond acceptors (Lipinski definition) is 5. The Kier molecular flexibility index (Phi) is 4.35. The number of aromatic amines is 1. The molecule has 3 N–H and O–H groups in total. The highest BCUT2D eigenvalue weighted by Crippen LogP contribution is 2.24. The van der Waals surface area contributed by atoms with E-state index in [1.165, 1.54) is 6.07 Å². The molecule has 0 fully saturated rings. The van der Waals surface area contributed by atoms with Gasteiger partial charge in [-0.05, 0) is 31.2 Å². The number of aryl methyl sites for hydroxylation is 1. The van der Waals surface area contributed by atoms with E-state index >= 15 is 0 Å². The number of carbonyl (C=O) groups excluding carboxylic acids is 1. The van der Waals surface area contributed by atoms with Crippen molar-refractivity contribution in [2.24, 2.45) is 0 Å². The van der Waals surface area contributed by atoms with Crippen molar-refractivity contribution in [3.63, 3.8) is 0 Å². The summed E-state index contributed by atoms with van der Waals surface area (Å²) in [5.74, 6) is -1.46. The average Bonchev–Trinajstić information content (AvgIpc) is 2.96. The number of hydrogen-bond donors (Lipinski definition) is 3. The Hall–Kier alpha value is -3.42. The summed E-state index contributed by atoms with van der Waals surface area (Å²) >= 11 is 0. The summed E-state index contributed by atoms with van der Waals surface area (Å²) in [4.78, 5) is 43.0. The van der Waals surface area contributed by atoms with E-state index in [0.29, 0.717) is 28.2 Å². The second kappa shape index (κ2) is 6.39. The minimum Gasteiger partial charge on any atom is -0.475 e. The molecule has 0 saturated carbocycles. The quantitative estimate of drug-likeness (QED) is 0.651.